The SMILES string of the molecule is C=CC1=C(/C=C\C)/C(=C/CCN(C)C)c2ccccc2CC1. The predicted molar refractivity (Wildman–Crippen MR) is 97.9 cm³/mol. The molecule has 0 unspecified atom stereocenters. The molecule has 0 saturated heterocycles. The molecule has 1 aromatic carbocycles. The van der Waals surface area contributed by atoms with E-state index in [0.717, 1.165) is 25.8 Å². The van der Waals surface area contributed by atoms with Crippen molar-refractivity contribution in [1.82, 2.24) is 4.90 Å². The lowest BCUT2D eigenvalue weighted by Crippen LogP contribution is -2.12. The summed E-state index contributed by atoms with van der Waals surface area (Å²) in [7, 11) is 4.24. The molecule has 22 heavy (non-hydrogen) atoms. The summed E-state index contributed by atoms with van der Waals surface area (Å²) in [6.07, 6.45) is 12.0. The second-order valence-corrected chi connectivity index (χ2v) is 6.01. The molecular weight excluding hydrogens is 266 g/mol. The summed E-state index contributed by atoms with van der Waals surface area (Å²) in [6.45, 7) is 7.19. The van der Waals surface area contributed by atoms with Crippen LogP contribution in [-0.2, 0) is 6.42 Å². The first-order chi connectivity index (χ1) is 10.7. The van der Waals surface area contributed by atoms with Gasteiger partial charge in [-0.1, -0.05) is 55.1 Å². The molecule has 0 atom stereocenters. The molecule has 2 rings (SSSR count). The van der Waals surface area contributed by atoms with Crippen molar-refractivity contribution in [3.05, 3.63) is 77.4 Å². The monoisotopic (exact) mass is 293 g/mol. The van der Waals surface area contributed by atoms with E-state index in [1.807, 2.05) is 6.08 Å². The number of allylic oxidation sites excluding steroid dienone is 6. The van der Waals surface area contributed by atoms with E-state index in [2.05, 4.69) is 75.0 Å². The van der Waals surface area contributed by atoms with Crippen LogP contribution in [0.2, 0.25) is 0 Å². The van der Waals surface area contributed by atoms with Crippen LogP contribution in [-0.4, -0.2) is 25.5 Å². The fourth-order valence-electron chi connectivity index (χ4n) is 2.99. The van der Waals surface area contributed by atoms with Crippen molar-refractivity contribution in [2.24, 2.45) is 0 Å². The van der Waals surface area contributed by atoms with Crippen molar-refractivity contribution in [3.63, 3.8) is 0 Å². The first-order valence-corrected chi connectivity index (χ1v) is 8.09. The summed E-state index contributed by atoms with van der Waals surface area (Å²) in [4.78, 5) is 2.23. The quantitative estimate of drug-likeness (QED) is 0.736. The van der Waals surface area contributed by atoms with Gasteiger partial charge in [-0.25, -0.2) is 0 Å². The number of hydrogen-bond donors (Lipinski definition) is 0. The minimum atomic E-state index is 1.06. The van der Waals surface area contributed by atoms with Crippen LogP contribution >= 0.6 is 0 Å². The van der Waals surface area contributed by atoms with Crippen molar-refractivity contribution in [3.8, 4) is 0 Å². The third-order valence-corrected chi connectivity index (χ3v) is 4.11. The number of aryl methyl sites for hydroxylation is 1. The molecule has 1 aromatic rings. The second-order valence-electron chi connectivity index (χ2n) is 6.01. The van der Waals surface area contributed by atoms with Crippen molar-refractivity contribution in [2.75, 3.05) is 20.6 Å². The van der Waals surface area contributed by atoms with Gasteiger partial charge in [0.25, 0.3) is 0 Å². The van der Waals surface area contributed by atoms with Crippen LogP contribution in [0, 0.1) is 0 Å². The third-order valence-electron chi connectivity index (χ3n) is 4.11. The highest BCUT2D eigenvalue weighted by atomic mass is 15.0. The topological polar surface area (TPSA) is 3.24 Å². The zero-order valence-electron chi connectivity index (χ0n) is 14.1. The van der Waals surface area contributed by atoms with E-state index >= 15 is 0 Å². The van der Waals surface area contributed by atoms with Gasteiger partial charge in [0, 0.05) is 6.54 Å². The Labute approximate surface area is 135 Å². The van der Waals surface area contributed by atoms with Crippen LogP contribution in [0.1, 0.15) is 30.9 Å². The average molecular weight is 293 g/mol. The van der Waals surface area contributed by atoms with Gasteiger partial charge in [0.1, 0.15) is 0 Å². The van der Waals surface area contributed by atoms with Gasteiger partial charge in [-0.3, -0.25) is 0 Å². The second kappa shape index (κ2) is 7.95. The number of nitrogens with zero attached hydrogens (tertiary/aromatic N) is 1. The molecule has 0 spiro atoms. The fraction of sp³-hybridized carbons (Fsp3) is 0.333. The molecule has 0 amide bonds. The van der Waals surface area contributed by atoms with Gasteiger partial charge in [-0.05, 0) is 68.1 Å². The Morgan fingerprint density at radius 2 is 1.95 bits per heavy atom. The molecule has 0 bridgehead atoms. The number of rotatable bonds is 5. The maximum Gasteiger partial charge on any atom is 0.00101 e. The number of benzene rings is 1. The van der Waals surface area contributed by atoms with Crippen molar-refractivity contribution >= 4 is 5.57 Å². The Balaban J connectivity index is 2.53. The highest BCUT2D eigenvalue weighted by Crippen LogP contribution is 2.35. The molecule has 0 fully saturated rings. The molecule has 0 radical (unpaired) electrons. The van der Waals surface area contributed by atoms with Gasteiger partial charge in [-0.15, -0.1) is 0 Å². The van der Waals surface area contributed by atoms with E-state index in [1.165, 1.54) is 27.8 Å². The average Bonchev–Trinajstić information content (AvgIpc) is 2.65. The fourth-order valence-corrected chi connectivity index (χ4v) is 2.99. The summed E-state index contributed by atoms with van der Waals surface area (Å²) < 4.78 is 0. The van der Waals surface area contributed by atoms with E-state index < -0.39 is 0 Å². The molecule has 1 nitrogen and oxygen atoms in total. The van der Waals surface area contributed by atoms with Gasteiger partial charge in [-0.2, -0.15) is 0 Å². The first-order valence-electron chi connectivity index (χ1n) is 8.09. The Morgan fingerprint density at radius 3 is 2.64 bits per heavy atom. The van der Waals surface area contributed by atoms with Crippen molar-refractivity contribution < 1.29 is 0 Å². The minimum absolute atomic E-state index is 1.06. The highest BCUT2D eigenvalue weighted by molar-refractivity contribution is 5.85. The maximum absolute atomic E-state index is 4.04. The smallest absolute Gasteiger partial charge is 0.00101 e. The van der Waals surface area contributed by atoms with E-state index in [-0.39, 0.29) is 0 Å². The number of hydrogen-bond acceptors (Lipinski definition) is 1. The molecule has 0 saturated carbocycles. The molecule has 1 aliphatic rings. The van der Waals surface area contributed by atoms with Gasteiger partial charge in [0.05, 0.1) is 0 Å². The van der Waals surface area contributed by atoms with Gasteiger partial charge < -0.3 is 4.90 Å². The molecule has 1 heteroatoms. The normalized spacial score (nSPS) is 17.2. The van der Waals surface area contributed by atoms with E-state index in [0.29, 0.717) is 0 Å². The van der Waals surface area contributed by atoms with Crippen LogP contribution in [0.15, 0.2) is 66.3 Å². The standard InChI is InChI=1S/C21H27N/c1-5-10-19-17(6-2)14-15-18-11-7-8-12-20(18)21(19)13-9-16-22(3)4/h5-8,10-13H,2,9,14-16H2,1,3-4H3/b10-5-,21-13-. The van der Waals surface area contributed by atoms with Gasteiger partial charge >= 0.3 is 0 Å². The molecule has 0 aliphatic heterocycles. The Bertz CT molecular complexity index is 615. The van der Waals surface area contributed by atoms with Crippen molar-refractivity contribution in [1.29, 1.82) is 0 Å². The predicted octanol–water partition coefficient (Wildman–Crippen LogP) is 5.03. The largest absolute Gasteiger partial charge is 0.309 e. The summed E-state index contributed by atoms with van der Waals surface area (Å²) in [5, 5.41) is 0. The lowest BCUT2D eigenvalue weighted by molar-refractivity contribution is 0.417. The number of fused-ring (bicyclic) bond motifs is 1. The molecule has 116 valence electrons. The van der Waals surface area contributed by atoms with Crippen LogP contribution in [0.25, 0.3) is 5.57 Å². The molecule has 1 aliphatic carbocycles. The van der Waals surface area contributed by atoms with E-state index in [4.69, 9.17) is 0 Å². The van der Waals surface area contributed by atoms with E-state index in [9.17, 15) is 0 Å². The zero-order valence-corrected chi connectivity index (χ0v) is 14.1. The van der Waals surface area contributed by atoms with Crippen LogP contribution < -0.4 is 0 Å². The van der Waals surface area contributed by atoms with Crippen LogP contribution in [0.5, 0.6) is 0 Å². The summed E-state index contributed by atoms with van der Waals surface area (Å²) in [5.74, 6) is 0. The first kappa shape index (κ1) is 16.5. The zero-order chi connectivity index (χ0) is 15.9. The molecule has 0 aromatic heterocycles. The molecule has 0 N–H and O–H groups in total. The van der Waals surface area contributed by atoms with Gasteiger partial charge in [0.15, 0.2) is 0 Å². The van der Waals surface area contributed by atoms with Crippen molar-refractivity contribution in [2.45, 2.75) is 26.2 Å². The lowest BCUT2D eigenvalue weighted by Gasteiger charge is -2.14. The summed E-state index contributed by atoms with van der Waals surface area (Å²) in [6, 6.07) is 8.80. The summed E-state index contributed by atoms with van der Waals surface area (Å²) >= 11 is 0. The lowest BCUT2D eigenvalue weighted by atomic mass is 9.92. The minimum Gasteiger partial charge on any atom is -0.309 e. The summed E-state index contributed by atoms with van der Waals surface area (Å²) in [5.41, 5.74) is 6.87. The van der Waals surface area contributed by atoms with E-state index in [1.54, 1.807) is 0 Å². The Kier molecular flexibility index (Phi) is 5.97. The Morgan fingerprint density at radius 1 is 1.18 bits per heavy atom. The highest BCUT2D eigenvalue weighted by Gasteiger charge is 2.17. The molecular formula is C21H27N. The van der Waals surface area contributed by atoms with Gasteiger partial charge in [0.2, 0.25) is 0 Å². The third kappa shape index (κ3) is 3.86. The molecule has 0 heterocycles. The Hall–Kier alpha value is -1.86. The van der Waals surface area contributed by atoms with Crippen LogP contribution in [0.3, 0.4) is 0 Å². The maximum atomic E-state index is 4.04. The van der Waals surface area contributed by atoms with Crippen LogP contribution in [0.4, 0.5) is 0 Å².